The van der Waals surface area contributed by atoms with Gasteiger partial charge in [-0.3, -0.25) is 4.79 Å². The third-order valence-corrected chi connectivity index (χ3v) is 3.19. The third-order valence-electron chi connectivity index (χ3n) is 3.19. The number of nitrogens with one attached hydrogen (secondary N) is 1. The second kappa shape index (κ2) is 5.84. The molecular weight excluding hydrogens is 240 g/mol. The van der Waals surface area contributed by atoms with Gasteiger partial charge in [-0.1, -0.05) is 12.1 Å². The highest BCUT2D eigenvalue weighted by atomic mass is 16.1. The molecule has 3 N–H and O–H groups in total. The first kappa shape index (κ1) is 13.5. The van der Waals surface area contributed by atoms with Crippen molar-refractivity contribution in [3.63, 3.8) is 0 Å². The predicted octanol–water partition coefficient (Wildman–Crippen LogP) is 1.49. The van der Waals surface area contributed by atoms with Crippen LogP contribution in [0.2, 0.25) is 0 Å². The zero-order chi connectivity index (χ0) is 13.8. The second-order valence-corrected chi connectivity index (χ2v) is 4.70. The van der Waals surface area contributed by atoms with Gasteiger partial charge in [0, 0.05) is 13.5 Å². The number of nitrogens with zero attached hydrogens (tertiary/aromatic N) is 2. The van der Waals surface area contributed by atoms with Crippen LogP contribution >= 0.6 is 0 Å². The molecule has 0 bridgehead atoms. The summed E-state index contributed by atoms with van der Waals surface area (Å²) < 4.78 is 2.02. The molecule has 0 fully saturated rings. The van der Waals surface area contributed by atoms with Crippen LogP contribution in [0.25, 0.3) is 11.0 Å². The molecule has 0 aliphatic heterocycles. The van der Waals surface area contributed by atoms with Crippen molar-refractivity contribution in [1.82, 2.24) is 14.9 Å². The van der Waals surface area contributed by atoms with E-state index in [1.807, 2.05) is 42.8 Å². The van der Waals surface area contributed by atoms with E-state index in [4.69, 9.17) is 5.73 Å². The van der Waals surface area contributed by atoms with E-state index in [1.54, 1.807) is 0 Å². The normalized spacial score (nSPS) is 12.6. The number of hydrogen-bond acceptors (Lipinski definition) is 3. The SMILES string of the molecule is CC(NC(=O)CCCN)c1nc2ccccc2n1C. The van der Waals surface area contributed by atoms with Crippen molar-refractivity contribution < 1.29 is 4.79 Å². The van der Waals surface area contributed by atoms with Crippen LogP contribution in [-0.4, -0.2) is 22.0 Å². The lowest BCUT2D eigenvalue weighted by molar-refractivity contribution is -0.121. The van der Waals surface area contributed by atoms with Crippen LogP contribution < -0.4 is 11.1 Å². The standard InChI is InChI=1S/C14H20N4O/c1-10(16-13(19)8-5-9-15)14-17-11-6-3-4-7-12(11)18(14)2/h3-4,6-7,10H,5,8-9,15H2,1-2H3,(H,16,19). The van der Waals surface area contributed by atoms with Crippen LogP contribution in [0, 0.1) is 0 Å². The summed E-state index contributed by atoms with van der Waals surface area (Å²) in [4.78, 5) is 16.3. The van der Waals surface area contributed by atoms with Crippen LogP contribution in [0.1, 0.15) is 31.6 Å². The number of amides is 1. The molecule has 0 radical (unpaired) electrons. The van der Waals surface area contributed by atoms with Gasteiger partial charge >= 0.3 is 0 Å². The Balaban J connectivity index is 2.15. The van der Waals surface area contributed by atoms with Crippen LogP contribution in [0.15, 0.2) is 24.3 Å². The summed E-state index contributed by atoms with van der Waals surface area (Å²) in [6.07, 6.45) is 1.17. The van der Waals surface area contributed by atoms with Crippen LogP contribution in [0.3, 0.4) is 0 Å². The Kier molecular flexibility index (Phi) is 4.16. The summed E-state index contributed by atoms with van der Waals surface area (Å²) in [5.74, 6) is 0.882. The minimum atomic E-state index is -0.109. The van der Waals surface area contributed by atoms with E-state index in [0.29, 0.717) is 19.4 Å². The first-order valence-electron chi connectivity index (χ1n) is 6.54. The van der Waals surface area contributed by atoms with Gasteiger partial charge < -0.3 is 15.6 Å². The number of carbonyl (C=O) groups excluding carboxylic acids is 1. The quantitative estimate of drug-likeness (QED) is 0.855. The van der Waals surface area contributed by atoms with Gasteiger partial charge in [0.05, 0.1) is 17.1 Å². The lowest BCUT2D eigenvalue weighted by atomic mass is 10.2. The highest BCUT2D eigenvalue weighted by Crippen LogP contribution is 2.19. The Labute approximate surface area is 112 Å². The maximum atomic E-state index is 11.7. The molecule has 0 aliphatic rings. The van der Waals surface area contributed by atoms with E-state index in [1.165, 1.54) is 0 Å². The molecule has 1 unspecified atom stereocenters. The van der Waals surface area contributed by atoms with Crippen molar-refractivity contribution in [3.05, 3.63) is 30.1 Å². The Bertz CT molecular complexity index is 576. The average molecular weight is 260 g/mol. The molecule has 5 nitrogen and oxygen atoms in total. The smallest absolute Gasteiger partial charge is 0.220 e. The summed E-state index contributed by atoms with van der Waals surface area (Å²) in [6.45, 7) is 2.48. The Hall–Kier alpha value is -1.88. The molecule has 0 saturated heterocycles. The van der Waals surface area contributed by atoms with Crippen molar-refractivity contribution in [2.75, 3.05) is 6.54 Å². The fourth-order valence-corrected chi connectivity index (χ4v) is 2.19. The molecule has 19 heavy (non-hydrogen) atoms. The van der Waals surface area contributed by atoms with Crippen LogP contribution in [-0.2, 0) is 11.8 Å². The van der Waals surface area contributed by atoms with E-state index in [0.717, 1.165) is 16.9 Å². The molecule has 2 aromatic rings. The zero-order valence-corrected chi connectivity index (χ0v) is 11.4. The van der Waals surface area contributed by atoms with Gasteiger partial charge in [0.25, 0.3) is 0 Å². The Morgan fingerprint density at radius 3 is 2.89 bits per heavy atom. The summed E-state index contributed by atoms with van der Waals surface area (Å²) in [5.41, 5.74) is 7.41. The number of rotatable bonds is 5. The first-order chi connectivity index (χ1) is 9.13. The molecule has 1 aromatic heterocycles. The van der Waals surface area contributed by atoms with Crippen molar-refractivity contribution in [1.29, 1.82) is 0 Å². The molecule has 102 valence electrons. The number of hydrogen-bond donors (Lipinski definition) is 2. The number of imidazole rings is 1. The average Bonchev–Trinajstić information content (AvgIpc) is 2.74. The maximum absolute atomic E-state index is 11.7. The number of carbonyl (C=O) groups is 1. The van der Waals surface area contributed by atoms with E-state index >= 15 is 0 Å². The number of para-hydroxylation sites is 2. The van der Waals surface area contributed by atoms with Crippen molar-refractivity contribution in [3.8, 4) is 0 Å². The van der Waals surface area contributed by atoms with E-state index in [2.05, 4.69) is 10.3 Å². The largest absolute Gasteiger partial charge is 0.346 e. The molecule has 0 spiro atoms. The zero-order valence-electron chi connectivity index (χ0n) is 11.4. The van der Waals surface area contributed by atoms with Gasteiger partial charge in [-0.25, -0.2) is 4.98 Å². The molecule has 0 aliphatic carbocycles. The molecule has 1 amide bonds. The molecule has 1 aromatic carbocycles. The predicted molar refractivity (Wildman–Crippen MR) is 75.6 cm³/mol. The highest BCUT2D eigenvalue weighted by Gasteiger charge is 2.15. The monoisotopic (exact) mass is 260 g/mol. The highest BCUT2D eigenvalue weighted by molar-refractivity contribution is 5.78. The van der Waals surface area contributed by atoms with Crippen molar-refractivity contribution in [2.45, 2.75) is 25.8 Å². The molecule has 1 heterocycles. The van der Waals surface area contributed by atoms with E-state index in [-0.39, 0.29) is 11.9 Å². The van der Waals surface area contributed by atoms with Crippen LogP contribution in [0.5, 0.6) is 0 Å². The summed E-state index contributed by atoms with van der Waals surface area (Å²) in [5, 5.41) is 2.95. The number of aryl methyl sites for hydroxylation is 1. The maximum Gasteiger partial charge on any atom is 0.220 e. The van der Waals surface area contributed by atoms with Gasteiger partial charge in [0.1, 0.15) is 5.82 Å². The van der Waals surface area contributed by atoms with Gasteiger partial charge in [-0.15, -0.1) is 0 Å². The van der Waals surface area contributed by atoms with Crippen LogP contribution in [0.4, 0.5) is 0 Å². The lowest BCUT2D eigenvalue weighted by Crippen LogP contribution is -2.28. The van der Waals surface area contributed by atoms with Gasteiger partial charge in [0.15, 0.2) is 0 Å². The first-order valence-corrected chi connectivity index (χ1v) is 6.54. The van der Waals surface area contributed by atoms with E-state index < -0.39 is 0 Å². The topological polar surface area (TPSA) is 72.9 Å². The van der Waals surface area contributed by atoms with Crippen molar-refractivity contribution in [2.24, 2.45) is 12.8 Å². The molecule has 5 heteroatoms. The summed E-state index contributed by atoms with van der Waals surface area (Å²) in [7, 11) is 1.97. The van der Waals surface area contributed by atoms with Gasteiger partial charge in [0.2, 0.25) is 5.91 Å². The molecule has 0 saturated carbocycles. The van der Waals surface area contributed by atoms with E-state index in [9.17, 15) is 4.79 Å². The minimum absolute atomic E-state index is 0.0185. The molecule has 2 rings (SSSR count). The number of fused-ring (bicyclic) bond motifs is 1. The number of nitrogens with two attached hydrogens (primary N) is 1. The van der Waals surface area contributed by atoms with Gasteiger partial charge in [-0.05, 0) is 32.0 Å². The summed E-state index contributed by atoms with van der Waals surface area (Å²) in [6, 6.07) is 7.83. The second-order valence-electron chi connectivity index (χ2n) is 4.70. The number of benzene rings is 1. The number of aromatic nitrogens is 2. The molecular formula is C14H20N4O. The third kappa shape index (κ3) is 2.93. The van der Waals surface area contributed by atoms with Gasteiger partial charge in [-0.2, -0.15) is 0 Å². The Morgan fingerprint density at radius 2 is 2.21 bits per heavy atom. The fraction of sp³-hybridized carbons (Fsp3) is 0.429. The minimum Gasteiger partial charge on any atom is -0.346 e. The van der Waals surface area contributed by atoms with Crippen molar-refractivity contribution >= 4 is 16.9 Å². The lowest BCUT2D eigenvalue weighted by Gasteiger charge is -2.13. The summed E-state index contributed by atoms with van der Waals surface area (Å²) >= 11 is 0. The molecule has 1 atom stereocenters. The fourth-order valence-electron chi connectivity index (χ4n) is 2.19. The Morgan fingerprint density at radius 1 is 1.47 bits per heavy atom.